The van der Waals surface area contributed by atoms with Crippen LogP contribution in [-0.4, -0.2) is 54.5 Å². The van der Waals surface area contributed by atoms with Crippen LogP contribution in [0.25, 0.3) is 0 Å². The summed E-state index contributed by atoms with van der Waals surface area (Å²) in [6, 6.07) is 14.1. The van der Waals surface area contributed by atoms with Crippen molar-refractivity contribution in [1.82, 2.24) is 15.5 Å². The molecule has 3 rings (SSSR count). The number of hydrogen-bond acceptors (Lipinski definition) is 4. The van der Waals surface area contributed by atoms with E-state index in [2.05, 4.69) is 26.6 Å². The molecule has 2 aromatic rings. The van der Waals surface area contributed by atoms with Crippen LogP contribution < -0.4 is 10.6 Å². The first-order valence-electron chi connectivity index (χ1n) is 10.2. The quantitative estimate of drug-likeness (QED) is 0.655. The van der Waals surface area contributed by atoms with E-state index in [4.69, 9.17) is 4.74 Å². The number of halogens is 1. The van der Waals surface area contributed by atoms with Gasteiger partial charge in [-0.05, 0) is 49.7 Å². The highest BCUT2D eigenvalue weighted by atomic mass is 79.9. The minimum Gasteiger partial charge on any atom is -0.372 e. The summed E-state index contributed by atoms with van der Waals surface area (Å²) in [6.07, 6.45) is 0.0391. The van der Waals surface area contributed by atoms with Gasteiger partial charge < -0.3 is 20.3 Å². The second kappa shape index (κ2) is 10.5. The molecule has 2 atom stereocenters. The zero-order valence-corrected chi connectivity index (χ0v) is 19.1. The zero-order valence-electron chi connectivity index (χ0n) is 17.6. The van der Waals surface area contributed by atoms with E-state index in [0.29, 0.717) is 30.8 Å². The lowest BCUT2D eigenvalue weighted by Crippen LogP contribution is -2.48. The molecule has 0 spiro atoms. The van der Waals surface area contributed by atoms with Gasteiger partial charge in [0.2, 0.25) is 5.91 Å². The van der Waals surface area contributed by atoms with Crippen molar-refractivity contribution in [2.75, 3.05) is 19.6 Å². The van der Waals surface area contributed by atoms with Crippen molar-refractivity contribution in [3.05, 3.63) is 69.7 Å². The van der Waals surface area contributed by atoms with Gasteiger partial charge in [-0.15, -0.1) is 0 Å². The molecule has 31 heavy (non-hydrogen) atoms. The first kappa shape index (κ1) is 23.0. The highest BCUT2D eigenvalue weighted by Gasteiger charge is 2.26. The molecular weight excluding hydrogens is 462 g/mol. The van der Waals surface area contributed by atoms with Crippen molar-refractivity contribution in [2.45, 2.75) is 32.6 Å². The van der Waals surface area contributed by atoms with Crippen LogP contribution in [0, 0.1) is 0 Å². The summed E-state index contributed by atoms with van der Waals surface area (Å²) in [5.74, 6) is -0.626. The van der Waals surface area contributed by atoms with Gasteiger partial charge in [-0.2, -0.15) is 0 Å². The Kier molecular flexibility index (Phi) is 7.81. The fourth-order valence-electron chi connectivity index (χ4n) is 3.45. The lowest BCUT2D eigenvalue weighted by atomic mass is 10.1. The number of hydrogen-bond donors (Lipinski definition) is 2. The molecule has 0 aromatic heterocycles. The Bertz CT molecular complexity index is 938. The van der Waals surface area contributed by atoms with Crippen LogP contribution in [0.3, 0.4) is 0 Å². The monoisotopic (exact) mass is 487 g/mol. The Morgan fingerprint density at radius 1 is 1.00 bits per heavy atom. The highest BCUT2D eigenvalue weighted by molar-refractivity contribution is 9.10. The first-order chi connectivity index (χ1) is 14.8. The molecule has 0 radical (unpaired) electrons. The van der Waals surface area contributed by atoms with Gasteiger partial charge in [-0.25, -0.2) is 0 Å². The molecule has 3 amide bonds. The van der Waals surface area contributed by atoms with Crippen LogP contribution in [-0.2, 0) is 16.1 Å². The van der Waals surface area contributed by atoms with E-state index in [-0.39, 0.29) is 36.5 Å². The molecule has 1 saturated heterocycles. The van der Waals surface area contributed by atoms with Crippen LogP contribution in [0.2, 0.25) is 0 Å². The highest BCUT2D eigenvalue weighted by Crippen LogP contribution is 2.15. The SMILES string of the molecule is CC1CN(C(=O)c2ccc(CNC(=O)CNC(=O)c3cccc(Br)c3)cc2)CC(C)O1. The number of benzene rings is 2. The molecule has 0 bridgehead atoms. The molecule has 1 aliphatic heterocycles. The van der Waals surface area contributed by atoms with Gasteiger partial charge in [0.25, 0.3) is 11.8 Å². The smallest absolute Gasteiger partial charge is 0.254 e. The maximum atomic E-state index is 12.7. The van der Waals surface area contributed by atoms with Gasteiger partial charge >= 0.3 is 0 Å². The van der Waals surface area contributed by atoms with Crippen molar-refractivity contribution in [2.24, 2.45) is 0 Å². The minimum atomic E-state index is -0.314. The standard InChI is InChI=1S/C23H26BrN3O4/c1-15-13-27(14-16(2)31-15)23(30)18-8-6-17(7-9-18)11-25-21(28)12-26-22(29)19-4-3-5-20(24)10-19/h3-10,15-16H,11-14H2,1-2H3,(H,25,28)(H,26,29). The average molecular weight is 488 g/mol. The predicted octanol–water partition coefficient (Wildman–Crippen LogP) is 2.74. The van der Waals surface area contributed by atoms with Crippen LogP contribution in [0.15, 0.2) is 53.0 Å². The van der Waals surface area contributed by atoms with E-state index < -0.39 is 0 Å². The van der Waals surface area contributed by atoms with Crippen molar-refractivity contribution in [1.29, 1.82) is 0 Å². The van der Waals surface area contributed by atoms with E-state index in [1.54, 1.807) is 30.3 Å². The number of nitrogens with one attached hydrogen (secondary N) is 2. The van der Waals surface area contributed by atoms with Gasteiger partial charge in [0.15, 0.2) is 0 Å². The van der Waals surface area contributed by atoms with Gasteiger partial charge in [-0.1, -0.05) is 34.1 Å². The third-order valence-electron chi connectivity index (χ3n) is 4.89. The minimum absolute atomic E-state index is 0.0195. The number of carbonyl (C=O) groups is 3. The number of nitrogens with zero attached hydrogens (tertiary/aromatic N) is 1. The summed E-state index contributed by atoms with van der Waals surface area (Å²) >= 11 is 3.31. The Morgan fingerprint density at radius 3 is 2.32 bits per heavy atom. The summed E-state index contributed by atoms with van der Waals surface area (Å²) in [4.78, 5) is 38.7. The average Bonchev–Trinajstić information content (AvgIpc) is 2.75. The summed E-state index contributed by atoms with van der Waals surface area (Å²) in [6.45, 7) is 5.27. The Labute approximate surface area is 190 Å². The van der Waals surface area contributed by atoms with Crippen molar-refractivity contribution >= 4 is 33.7 Å². The largest absolute Gasteiger partial charge is 0.372 e. The second-order valence-corrected chi connectivity index (χ2v) is 8.55. The van der Waals surface area contributed by atoms with Gasteiger partial charge in [0.05, 0.1) is 18.8 Å². The Morgan fingerprint density at radius 2 is 1.68 bits per heavy atom. The molecule has 1 heterocycles. The molecule has 164 valence electrons. The first-order valence-corrected chi connectivity index (χ1v) is 10.9. The van der Waals surface area contributed by atoms with Crippen LogP contribution >= 0.6 is 15.9 Å². The molecular formula is C23H26BrN3O4. The predicted molar refractivity (Wildman–Crippen MR) is 121 cm³/mol. The van der Waals surface area contributed by atoms with E-state index in [1.165, 1.54) is 0 Å². The second-order valence-electron chi connectivity index (χ2n) is 7.63. The third kappa shape index (κ3) is 6.63. The number of morpholine rings is 1. The van der Waals surface area contributed by atoms with Crippen molar-refractivity contribution < 1.29 is 19.1 Å². The fraction of sp³-hybridized carbons (Fsp3) is 0.348. The number of rotatable bonds is 6. The molecule has 0 saturated carbocycles. The summed E-state index contributed by atoms with van der Waals surface area (Å²) in [5.41, 5.74) is 1.95. The van der Waals surface area contributed by atoms with Crippen LogP contribution in [0.5, 0.6) is 0 Å². The summed E-state index contributed by atoms with van der Waals surface area (Å²) in [5, 5.41) is 5.36. The lowest BCUT2D eigenvalue weighted by molar-refractivity contribution is -0.120. The van der Waals surface area contributed by atoms with E-state index in [0.717, 1.165) is 10.0 Å². The molecule has 7 nitrogen and oxygen atoms in total. The summed E-state index contributed by atoms with van der Waals surface area (Å²) < 4.78 is 6.47. The van der Waals surface area contributed by atoms with E-state index in [9.17, 15) is 14.4 Å². The molecule has 0 aliphatic carbocycles. The van der Waals surface area contributed by atoms with E-state index >= 15 is 0 Å². The fourth-order valence-corrected chi connectivity index (χ4v) is 3.85. The number of carbonyl (C=O) groups excluding carboxylic acids is 3. The van der Waals surface area contributed by atoms with Crippen molar-refractivity contribution in [3.8, 4) is 0 Å². The molecule has 2 aromatic carbocycles. The molecule has 2 N–H and O–H groups in total. The van der Waals surface area contributed by atoms with Crippen LogP contribution in [0.1, 0.15) is 40.1 Å². The normalized spacial score (nSPS) is 18.4. The Balaban J connectivity index is 1.46. The Hall–Kier alpha value is -2.71. The van der Waals surface area contributed by atoms with Gasteiger partial charge in [0.1, 0.15) is 0 Å². The lowest BCUT2D eigenvalue weighted by Gasteiger charge is -2.35. The number of amides is 3. The van der Waals surface area contributed by atoms with Crippen LogP contribution in [0.4, 0.5) is 0 Å². The topological polar surface area (TPSA) is 87.7 Å². The third-order valence-corrected chi connectivity index (χ3v) is 5.39. The van der Waals surface area contributed by atoms with Crippen molar-refractivity contribution in [3.63, 3.8) is 0 Å². The summed E-state index contributed by atoms with van der Waals surface area (Å²) in [7, 11) is 0. The molecule has 8 heteroatoms. The maximum Gasteiger partial charge on any atom is 0.254 e. The number of ether oxygens (including phenoxy) is 1. The van der Waals surface area contributed by atoms with E-state index in [1.807, 2.05) is 36.9 Å². The maximum absolute atomic E-state index is 12.7. The molecule has 1 fully saturated rings. The van der Waals surface area contributed by atoms with Gasteiger partial charge in [-0.3, -0.25) is 14.4 Å². The molecule has 2 unspecified atom stereocenters. The van der Waals surface area contributed by atoms with Gasteiger partial charge in [0, 0.05) is 35.2 Å². The molecule has 1 aliphatic rings. The zero-order chi connectivity index (χ0) is 22.4.